The van der Waals surface area contributed by atoms with Crippen LogP contribution in [0.1, 0.15) is 33.2 Å². The Morgan fingerprint density at radius 3 is 2.41 bits per heavy atom. The highest BCUT2D eigenvalue weighted by Crippen LogP contribution is 2.19. The number of hydrogen-bond donors (Lipinski definition) is 2. The minimum atomic E-state index is -0.228. The Morgan fingerprint density at radius 1 is 1.24 bits per heavy atom. The molecule has 0 unspecified atom stereocenters. The molecule has 0 saturated heterocycles. The van der Waals surface area contributed by atoms with Gasteiger partial charge in [-0.3, -0.25) is 9.89 Å². The zero-order chi connectivity index (χ0) is 12.6. The van der Waals surface area contributed by atoms with Gasteiger partial charge in [0.05, 0.1) is 22.8 Å². The lowest BCUT2D eigenvalue weighted by molar-refractivity contribution is 0.102. The highest BCUT2D eigenvalue weighted by Gasteiger charge is 2.19. The molecule has 0 aromatic carbocycles. The molecule has 2 heterocycles. The summed E-state index contributed by atoms with van der Waals surface area (Å²) >= 11 is 0. The molecule has 0 spiro atoms. The van der Waals surface area contributed by atoms with Crippen LogP contribution in [0.15, 0.2) is 4.52 Å². The number of aromatic nitrogens is 3. The van der Waals surface area contributed by atoms with Gasteiger partial charge in [-0.25, -0.2) is 0 Å². The number of hydrogen-bond acceptors (Lipinski definition) is 4. The van der Waals surface area contributed by atoms with E-state index in [2.05, 4.69) is 20.7 Å². The van der Waals surface area contributed by atoms with E-state index in [4.69, 9.17) is 4.52 Å². The highest BCUT2D eigenvalue weighted by atomic mass is 16.5. The van der Waals surface area contributed by atoms with Crippen molar-refractivity contribution in [3.8, 4) is 0 Å². The van der Waals surface area contributed by atoms with Crippen LogP contribution in [0.4, 0.5) is 5.69 Å². The lowest BCUT2D eigenvalue weighted by atomic mass is 10.2. The van der Waals surface area contributed by atoms with Crippen molar-refractivity contribution in [2.24, 2.45) is 0 Å². The molecule has 6 heteroatoms. The van der Waals surface area contributed by atoms with Gasteiger partial charge in [0.1, 0.15) is 11.3 Å². The molecule has 2 aromatic heterocycles. The molecule has 0 radical (unpaired) electrons. The van der Waals surface area contributed by atoms with Crippen LogP contribution in [-0.2, 0) is 0 Å². The van der Waals surface area contributed by atoms with E-state index in [0.717, 1.165) is 11.4 Å². The third-order valence-corrected chi connectivity index (χ3v) is 2.63. The molecular formula is C11H14N4O2. The van der Waals surface area contributed by atoms with Crippen LogP contribution in [0.2, 0.25) is 0 Å². The topological polar surface area (TPSA) is 83.8 Å². The average molecular weight is 234 g/mol. The van der Waals surface area contributed by atoms with Crippen LogP contribution in [0.5, 0.6) is 0 Å². The first-order chi connectivity index (χ1) is 8.00. The number of carbonyl (C=O) groups excluding carboxylic acids is 1. The van der Waals surface area contributed by atoms with Gasteiger partial charge in [-0.2, -0.15) is 5.10 Å². The molecule has 0 aliphatic heterocycles. The Labute approximate surface area is 98.4 Å². The zero-order valence-electron chi connectivity index (χ0n) is 10.2. The van der Waals surface area contributed by atoms with E-state index in [1.807, 2.05) is 13.8 Å². The first-order valence-electron chi connectivity index (χ1n) is 5.26. The first-order valence-corrected chi connectivity index (χ1v) is 5.26. The van der Waals surface area contributed by atoms with Crippen LogP contribution >= 0.6 is 0 Å². The maximum absolute atomic E-state index is 12.1. The van der Waals surface area contributed by atoms with Gasteiger partial charge in [0, 0.05) is 0 Å². The van der Waals surface area contributed by atoms with E-state index < -0.39 is 0 Å². The van der Waals surface area contributed by atoms with Crippen molar-refractivity contribution in [3.63, 3.8) is 0 Å². The van der Waals surface area contributed by atoms with Crippen LogP contribution in [0, 0.1) is 27.7 Å². The van der Waals surface area contributed by atoms with Crippen molar-refractivity contribution >= 4 is 11.6 Å². The van der Waals surface area contributed by atoms with Crippen molar-refractivity contribution in [2.45, 2.75) is 27.7 Å². The van der Waals surface area contributed by atoms with Gasteiger partial charge in [0.2, 0.25) is 0 Å². The van der Waals surface area contributed by atoms with E-state index >= 15 is 0 Å². The molecule has 0 aliphatic rings. The summed E-state index contributed by atoms with van der Waals surface area (Å²) in [5.74, 6) is 0.285. The second-order valence-electron chi connectivity index (χ2n) is 3.96. The molecule has 0 saturated carbocycles. The number of aryl methyl sites for hydroxylation is 4. The number of amides is 1. The van der Waals surface area contributed by atoms with Crippen molar-refractivity contribution < 1.29 is 9.32 Å². The molecule has 2 N–H and O–H groups in total. The van der Waals surface area contributed by atoms with Crippen molar-refractivity contribution in [1.82, 2.24) is 15.4 Å². The van der Waals surface area contributed by atoms with Gasteiger partial charge in [-0.15, -0.1) is 0 Å². The largest absolute Gasteiger partial charge is 0.361 e. The van der Waals surface area contributed by atoms with Crippen molar-refractivity contribution in [1.29, 1.82) is 0 Å². The molecule has 2 rings (SSSR count). The Morgan fingerprint density at radius 2 is 1.94 bits per heavy atom. The standard InChI is InChI=1S/C11H14N4O2/c1-5-9(8(4)17-15-5)11(16)12-10-6(2)13-14-7(10)3/h1-4H3,(H,12,16)(H,13,14). The summed E-state index contributed by atoms with van der Waals surface area (Å²) in [7, 11) is 0. The minimum absolute atomic E-state index is 0.228. The van der Waals surface area contributed by atoms with E-state index in [0.29, 0.717) is 22.7 Å². The number of nitrogens with zero attached hydrogens (tertiary/aromatic N) is 2. The fourth-order valence-corrected chi connectivity index (χ4v) is 1.72. The van der Waals surface area contributed by atoms with Gasteiger partial charge in [0.25, 0.3) is 5.91 Å². The Balaban J connectivity index is 2.29. The average Bonchev–Trinajstić information content (AvgIpc) is 2.75. The predicted molar refractivity (Wildman–Crippen MR) is 62.0 cm³/mol. The summed E-state index contributed by atoms with van der Waals surface area (Å²) in [5, 5.41) is 13.4. The number of aromatic amines is 1. The maximum Gasteiger partial charge on any atom is 0.261 e. The van der Waals surface area contributed by atoms with E-state index in [1.165, 1.54) is 0 Å². The van der Waals surface area contributed by atoms with Gasteiger partial charge >= 0.3 is 0 Å². The van der Waals surface area contributed by atoms with E-state index in [9.17, 15) is 4.79 Å². The minimum Gasteiger partial charge on any atom is -0.361 e. The molecule has 0 bridgehead atoms. The fourth-order valence-electron chi connectivity index (χ4n) is 1.72. The molecule has 6 nitrogen and oxygen atoms in total. The van der Waals surface area contributed by atoms with Gasteiger partial charge in [0.15, 0.2) is 0 Å². The van der Waals surface area contributed by atoms with Gasteiger partial charge < -0.3 is 9.84 Å². The summed E-state index contributed by atoms with van der Waals surface area (Å²) in [6.45, 7) is 7.12. The Kier molecular flexibility index (Phi) is 2.71. The molecule has 0 aliphatic carbocycles. The zero-order valence-corrected chi connectivity index (χ0v) is 10.2. The smallest absolute Gasteiger partial charge is 0.261 e. The third-order valence-electron chi connectivity index (χ3n) is 2.63. The summed E-state index contributed by atoms with van der Waals surface area (Å²) in [5.41, 5.74) is 3.34. The van der Waals surface area contributed by atoms with E-state index in [-0.39, 0.29) is 5.91 Å². The Hall–Kier alpha value is -2.11. The second kappa shape index (κ2) is 4.04. The fraction of sp³-hybridized carbons (Fsp3) is 0.364. The Bertz CT molecular complexity index is 529. The molecular weight excluding hydrogens is 220 g/mol. The molecule has 1 amide bonds. The lowest BCUT2D eigenvalue weighted by Gasteiger charge is -2.04. The second-order valence-corrected chi connectivity index (χ2v) is 3.96. The summed E-state index contributed by atoms with van der Waals surface area (Å²) in [6, 6.07) is 0. The maximum atomic E-state index is 12.1. The number of H-pyrrole nitrogens is 1. The molecule has 0 fully saturated rings. The highest BCUT2D eigenvalue weighted by molar-refractivity contribution is 6.06. The number of rotatable bonds is 2. The van der Waals surface area contributed by atoms with Crippen LogP contribution in [0.3, 0.4) is 0 Å². The molecule has 2 aromatic rings. The molecule has 17 heavy (non-hydrogen) atoms. The number of nitrogens with one attached hydrogen (secondary N) is 2. The van der Waals surface area contributed by atoms with Crippen LogP contribution < -0.4 is 5.32 Å². The normalized spacial score (nSPS) is 10.6. The molecule has 0 atom stereocenters. The summed E-state index contributed by atoms with van der Waals surface area (Å²) in [4.78, 5) is 12.1. The predicted octanol–water partition coefficient (Wildman–Crippen LogP) is 1.88. The summed E-state index contributed by atoms with van der Waals surface area (Å²) < 4.78 is 4.96. The summed E-state index contributed by atoms with van der Waals surface area (Å²) in [6.07, 6.45) is 0. The first kappa shape index (κ1) is 11.4. The van der Waals surface area contributed by atoms with Gasteiger partial charge in [-0.05, 0) is 27.7 Å². The van der Waals surface area contributed by atoms with E-state index in [1.54, 1.807) is 13.8 Å². The van der Waals surface area contributed by atoms with Crippen LogP contribution in [0.25, 0.3) is 0 Å². The molecule has 90 valence electrons. The van der Waals surface area contributed by atoms with Crippen molar-refractivity contribution in [3.05, 3.63) is 28.4 Å². The SMILES string of the molecule is Cc1n[nH]c(C)c1NC(=O)c1c(C)noc1C. The quantitative estimate of drug-likeness (QED) is 0.831. The van der Waals surface area contributed by atoms with Crippen molar-refractivity contribution in [2.75, 3.05) is 5.32 Å². The van der Waals surface area contributed by atoms with Crippen LogP contribution in [-0.4, -0.2) is 21.3 Å². The monoisotopic (exact) mass is 234 g/mol. The third kappa shape index (κ3) is 1.93. The lowest BCUT2D eigenvalue weighted by Crippen LogP contribution is -2.14. The van der Waals surface area contributed by atoms with Gasteiger partial charge in [-0.1, -0.05) is 5.16 Å². The number of anilines is 1. The number of carbonyl (C=O) groups is 1.